The Morgan fingerprint density at radius 3 is 1.65 bits per heavy atom. The van der Waals surface area contributed by atoms with Gasteiger partial charge in [0.05, 0.1) is 25.3 Å². The van der Waals surface area contributed by atoms with E-state index >= 15 is 0 Å². The van der Waals surface area contributed by atoms with Gasteiger partial charge in [-0.15, -0.1) is 5.26 Å². The predicted molar refractivity (Wildman–Crippen MR) is 220 cm³/mol. The van der Waals surface area contributed by atoms with Crippen LogP contribution in [0.1, 0.15) is 95.9 Å². The number of carbonyl (C=O) groups is 1. The number of nitrogens with two attached hydrogens (primary N) is 1. The summed E-state index contributed by atoms with van der Waals surface area (Å²) in [5.74, 6) is 0.903. The second kappa shape index (κ2) is 18.0. The number of benzene rings is 2. The number of sulfonamides is 2. The second-order valence-electron chi connectivity index (χ2n) is 16.2. The molecule has 0 bridgehead atoms. The van der Waals surface area contributed by atoms with Gasteiger partial charge in [-0.1, -0.05) is 12.1 Å². The Hall–Kier alpha value is -4.80. The minimum absolute atomic E-state index is 0.0546. The maximum atomic E-state index is 12.7. The quantitative estimate of drug-likeness (QED) is 0.194. The SMILES string of the molecule is N#COc1c2c(cc3c1CCC3)CCC2.NS(=O)(=O)c1ccn(CC2CCCO2)n1.O=C(Nc1c2c(cc3c1CCC3)CCC2)NS(=O)(=O)c1ccn(CC2CCCO2)n1. The summed E-state index contributed by atoms with van der Waals surface area (Å²) in [7, 11) is -7.74. The molecule has 60 heavy (non-hydrogen) atoms. The Labute approximate surface area is 350 Å². The first-order valence-electron chi connectivity index (χ1n) is 21.0. The lowest BCUT2D eigenvalue weighted by Crippen LogP contribution is -2.35. The Balaban J connectivity index is 0.000000139. The number of anilines is 1. The molecule has 4 aromatic rings. The van der Waals surface area contributed by atoms with Crippen molar-refractivity contribution >= 4 is 31.8 Å². The monoisotopic (exact) mass is 860 g/mol. The molecule has 0 spiro atoms. The number of urea groups is 1. The molecular weight excluding hydrogens is 809 g/mol. The second-order valence-corrected chi connectivity index (χ2v) is 19.4. The zero-order valence-corrected chi connectivity index (χ0v) is 35.3. The largest absolute Gasteiger partial charge is 0.387 e. The van der Waals surface area contributed by atoms with Gasteiger partial charge in [0.25, 0.3) is 26.3 Å². The van der Waals surface area contributed by atoms with E-state index in [4.69, 9.17) is 24.6 Å². The van der Waals surface area contributed by atoms with Crippen LogP contribution in [0.15, 0.2) is 46.7 Å². The number of primary sulfonamides is 1. The maximum Gasteiger partial charge on any atom is 0.333 e. The standard InChI is InChI=1S/C21H26N4O4S.C13H13NO.C8H13N3O3S/c26-21(22-20-17-7-1-4-14(17)12-15-5-2-8-18(15)20)24-30(27,28)19-9-10-25(23-19)13-16-6-3-11-29-16;14-8-15-13-11-5-1-3-9(11)7-10-4-2-6-12(10)13;9-15(12,13)8-3-4-11(10-8)6-7-2-1-5-14-7/h9-10,12,16H,1-8,11,13H2,(H2,22,24,26);7H,1-6H2;3-4,7H,1-2,5-6H2,(H2,9,12,13). The molecule has 0 saturated carbocycles. The number of aryl methyl sites for hydroxylation is 4. The van der Waals surface area contributed by atoms with Crippen molar-refractivity contribution in [2.75, 3.05) is 18.5 Å². The van der Waals surface area contributed by atoms with Crippen LogP contribution in [0, 0.1) is 11.5 Å². The van der Waals surface area contributed by atoms with Gasteiger partial charge in [-0.05, 0) is 159 Å². The molecule has 0 radical (unpaired) electrons. The molecule has 4 N–H and O–H groups in total. The van der Waals surface area contributed by atoms with Gasteiger partial charge < -0.3 is 19.5 Å². The molecule has 2 aliphatic heterocycles. The summed E-state index contributed by atoms with van der Waals surface area (Å²) in [6.07, 6.45) is 22.1. The number of nitrogens with one attached hydrogen (secondary N) is 2. The molecule has 2 atom stereocenters. The molecular formula is C42H52N8O8S2. The predicted octanol–water partition coefficient (Wildman–Crippen LogP) is 4.78. The van der Waals surface area contributed by atoms with Crippen LogP contribution in [-0.2, 0) is 94.0 Å². The Bertz CT molecular complexity index is 2430. The number of fused-ring (bicyclic) bond motifs is 4. The van der Waals surface area contributed by atoms with Crippen LogP contribution in [0.5, 0.6) is 5.75 Å². The third-order valence-corrected chi connectivity index (χ3v) is 14.2. The molecule has 2 amide bonds. The number of nitrogens with zero attached hydrogens (tertiary/aromatic N) is 5. The summed E-state index contributed by atoms with van der Waals surface area (Å²) >= 11 is 0. The van der Waals surface area contributed by atoms with E-state index in [1.807, 2.05) is 6.26 Å². The van der Waals surface area contributed by atoms with Crippen LogP contribution >= 0.6 is 0 Å². The Morgan fingerprint density at radius 2 is 1.20 bits per heavy atom. The number of nitriles is 1. The maximum absolute atomic E-state index is 12.7. The molecule has 16 nitrogen and oxygen atoms in total. The van der Waals surface area contributed by atoms with Gasteiger partial charge in [0.15, 0.2) is 10.1 Å². The lowest BCUT2D eigenvalue weighted by Gasteiger charge is -2.16. The average molecular weight is 861 g/mol. The van der Waals surface area contributed by atoms with Gasteiger partial charge in [-0.3, -0.25) is 9.36 Å². The van der Waals surface area contributed by atoms with Crippen LogP contribution in [0.3, 0.4) is 0 Å². The highest BCUT2D eigenvalue weighted by Crippen LogP contribution is 2.40. The summed E-state index contributed by atoms with van der Waals surface area (Å²) in [6, 6.07) is 6.67. The molecule has 10 rings (SSSR count). The summed E-state index contributed by atoms with van der Waals surface area (Å²) < 4.78 is 68.7. The van der Waals surface area contributed by atoms with Gasteiger partial charge in [0, 0.05) is 31.3 Å². The molecule has 2 aromatic heterocycles. The van der Waals surface area contributed by atoms with Crippen molar-refractivity contribution in [3.05, 3.63) is 81.2 Å². The molecule has 4 aliphatic carbocycles. The van der Waals surface area contributed by atoms with Gasteiger partial charge in [-0.2, -0.15) is 18.6 Å². The van der Waals surface area contributed by atoms with Crippen molar-refractivity contribution in [3.8, 4) is 12.0 Å². The topological polar surface area (TPSA) is 223 Å². The van der Waals surface area contributed by atoms with Gasteiger partial charge in [0.2, 0.25) is 0 Å². The van der Waals surface area contributed by atoms with Crippen molar-refractivity contribution in [2.24, 2.45) is 5.14 Å². The summed E-state index contributed by atoms with van der Waals surface area (Å²) in [5.41, 5.74) is 11.1. The van der Waals surface area contributed by atoms with E-state index in [0.29, 0.717) is 13.1 Å². The molecule has 2 aromatic carbocycles. The number of carbonyl (C=O) groups excluding carboxylic acids is 1. The fourth-order valence-electron chi connectivity index (χ4n) is 9.39. The molecule has 6 aliphatic rings. The van der Waals surface area contributed by atoms with Crippen molar-refractivity contribution in [3.63, 3.8) is 0 Å². The van der Waals surface area contributed by atoms with Crippen LogP contribution in [0.25, 0.3) is 0 Å². The number of amides is 2. The molecule has 320 valence electrons. The van der Waals surface area contributed by atoms with E-state index in [-0.39, 0.29) is 22.3 Å². The van der Waals surface area contributed by atoms with Crippen LogP contribution in [-0.4, -0.2) is 67.8 Å². The van der Waals surface area contributed by atoms with E-state index in [2.05, 4.69) is 32.4 Å². The minimum atomic E-state index is -4.06. The zero-order chi connectivity index (χ0) is 41.9. The number of aromatic nitrogens is 4. The minimum Gasteiger partial charge on any atom is -0.387 e. The first-order valence-corrected chi connectivity index (χ1v) is 24.0. The highest BCUT2D eigenvalue weighted by molar-refractivity contribution is 7.90. The average Bonchev–Trinajstić information content (AvgIpc) is 4.05. The Morgan fingerprint density at radius 1 is 0.733 bits per heavy atom. The number of ether oxygens (including phenoxy) is 3. The van der Waals surface area contributed by atoms with Crippen LogP contribution in [0.2, 0.25) is 0 Å². The molecule has 4 heterocycles. The molecule has 2 unspecified atom stereocenters. The summed E-state index contributed by atoms with van der Waals surface area (Å²) in [6.45, 7) is 2.58. The number of hydrogen-bond acceptors (Lipinski definition) is 11. The Kier molecular flexibility index (Phi) is 12.6. The normalized spacial score (nSPS) is 19.9. The van der Waals surface area contributed by atoms with Gasteiger partial charge in [-0.25, -0.2) is 23.1 Å². The first-order chi connectivity index (χ1) is 28.9. The van der Waals surface area contributed by atoms with Crippen molar-refractivity contribution in [1.82, 2.24) is 24.3 Å². The van der Waals surface area contributed by atoms with Crippen molar-refractivity contribution < 1.29 is 35.8 Å². The van der Waals surface area contributed by atoms with E-state index in [1.165, 1.54) is 58.4 Å². The fourth-order valence-corrected chi connectivity index (χ4v) is 10.7. The van der Waals surface area contributed by atoms with E-state index in [1.54, 1.807) is 21.8 Å². The zero-order valence-electron chi connectivity index (χ0n) is 33.7. The lowest BCUT2D eigenvalue weighted by atomic mass is 9.99. The van der Waals surface area contributed by atoms with Crippen molar-refractivity contribution in [1.29, 1.82) is 5.26 Å². The smallest absolute Gasteiger partial charge is 0.333 e. The van der Waals surface area contributed by atoms with E-state index in [0.717, 1.165) is 126 Å². The third-order valence-electron chi connectivity index (χ3n) is 12.1. The third kappa shape index (κ3) is 9.55. The van der Waals surface area contributed by atoms with Crippen LogP contribution < -0.4 is 19.9 Å². The number of hydrogen-bond donors (Lipinski definition) is 3. The van der Waals surface area contributed by atoms with E-state index in [9.17, 15) is 21.6 Å². The molecule has 2 saturated heterocycles. The first kappa shape index (κ1) is 41.9. The molecule has 2 fully saturated rings. The highest BCUT2D eigenvalue weighted by atomic mass is 32.2. The van der Waals surface area contributed by atoms with E-state index < -0.39 is 26.1 Å². The fraction of sp³-hybridized carbons (Fsp3) is 0.524. The van der Waals surface area contributed by atoms with Crippen molar-refractivity contribution in [2.45, 2.75) is 138 Å². The number of rotatable bonds is 9. The summed E-state index contributed by atoms with van der Waals surface area (Å²) in [5, 5.41) is 24.2. The lowest BCUT2D eigenvalue weighted by molar-refractivity contribution is 0.0935. The molecule has 18 heteroatoms. The highest BCUT2D eigenvalue weighted by Gasteiger charge is 2.28. The summed E-state index contributed by atoms with van der Waals surface area (Å²) in [4.78, 5) is 12.6. The van der Waals surface area contributed by atoms with Gasteiger partial charge >= 0.3 is 6.03 Å². The van der Waals surface area contributed by atoms with Crippen LogP contribution in [0.4, 0.5) is 10.5 Å². The van der Waals surface area contributed by atoms with Gasteiger partial charge in [0.1, 0.15) is 5.75 Å².